The predicted octanol–water partition coefficient (Wildman–Crippen LogP) is 2.90. The monoisotopic (exact) mass is 255 g/mol. The summed E-state index contributed by atoms with van der Waals surface area (Å²) in [6.45, 7) is 3.50. The maximum atomic E-state index is 11.2. The first-order valence-corrected chi connectivity index (χ1v) is 5.88. The molecule has 17 heavy (non-hydrogen) atoms. The number of methoxy groups -OCH3 is 1. The number of carbonyl (C=O) groups excluding carboxylic acids is 1. The van der Waals surface area contributed by atoms with Crippen molar-refractivity contribution in [3.8, 4) is 5.75 Å². The largest absolute Gasteiger partial charge is 0.496 e. The number of Topliss-reactive ketones (excluding diaryl/α,β-unsaturated/α-hetero) is 1. The van der Waals surface area contributed by atoms with Gasteiger partial charge in [-0.25, -0.2) is 0 Å². The molecule has 1 rings (SSSR count). The van der Waals surface area contributed by atoms with Crippen molar-refractivity contribution in [3.05, 3.63) is 28.3 Å². The second-order valence-corrected chi connectivity index (χ2v) is 4.50. The Balaban J connectivity index is 3.17. The number of nitrogens with one attached hydrogen (secondary N) is 1. The van der Waals surface area contributed by atoms with Gasteiger partial charge < -0.3 is 10.1 Å². The quantitative estimate of drug-likeness (QED) is 0.879. The maximum absolute atomic E-state index is 11.2. The van der Waals surface area contributed by atoms with E-state index in [-0.39, 0.29) is 11.8 Å². The van der Waals surface area contributed by atoms with Crippen molar-refractivity contribution in [2.24, 2.45) is 0 Å². The summed E-state index contributed by atoms with van der Waals surface area (Å²) >= 11 is 6.11. The zero-order valence-corrected chi connectivity index (χ0v) is 11.4. The van der Waals surface area contributed by atoms with E-state index in [1.54, 1.807) is 14.0 Å². The number of halogens is 1. The van der Waals surface area contributed by atoms with E-state index in [1.165, 1.54) is 0 Å². The molecule has 0 aliphatic rings. The summed E-state index contributed by atoms with van der Waals surface area (Å²) in [6.07, 6.45) is 0.423. The molecule has 0 aliphatic heterocycles. The van der Waals surface area contributed by atoms with Gasteiger partial charge in [0, 0.05) is 23.0 Å². The Hall–Kier alpha value is -1.06. The van der Waals surface area contributed by atoms with Gasteiger partial charge in [-0.2, -0.15) is 0 Å². The molecule has 0 saturated heterocycles. The molecule has 0 bridgehead atoms. The molecule has 0 aliphatic carbocycles. The molecule has 1 aromatic rings. The van der Waals surface area contributed by atoms with Gasteiger partial charge in [-0.05, 0) is 38.6 Å². The lowest BCUT2D eigenvalue weighted by Crippen LogP contribution is -2.19. The highest BCUT2D eigenvalue weighted by Gasteiger charge is 2.17. The first-order chi connectivity index (χ1) is 7.99. The molecule has 94 valence electrons. The Bertz CT molecular complexity index is 418. The summed E-state index contributed by atoms with van der Waals surface area (Å²) in [6, 6.07) is 3.68. The van der Waals surface area contributed by atoms with Gasteiger partial charge in [-0.1, -0.05) is 11.6 Å². The molecule has 1 aromatic carbocycles. The fourth-order valence-electron chi connectivity index (χ4n) is 1.77. The number of rotatable bonds is 5. The van der Waals surface area contributed by atoms with Crippen LogP contribution in [0.1, 0.15) is 30.5 Å². The lowest BCUT2D eigenvalue weighted by molar-refractivity contribution is -0.117. The number of aryl methyl sites for hydroxylation is 1. The molecular formula is C13H18ClNO2. The van der Waals surface area contributed by atoms with Crippen LogP contribution in [0, 0.1) is 6.92 Å². The van der Waals surface area contributed by atoms with Crippen molar-refractivity contribution in [3.63, 3.8) is 0 Å². The SMILES string of the molecule is CNC(CC(C)=O)c1cc(Cl)c(C)cc1OC. The molecule has 0 radical (unpaired) electrons. The van der Waals surface area contributed by atoms with Crippen molar-refractivity contribution in [1.82, 2.24) is 5.32 Å². The molecule has 0 aromatic heterocycles. The van der Waals surface area contributed by atoms with Crippen LogP contribution in [0.15, 0.2) is 12.1 Å². The Morgan fingerprint density at radius 2 is 2.18 bits per heavy atom. The third-order valence-electron chi connectivity index (χ3n) is 2.73. The summed E-state index contributed by atoms with van der Waals surface area (Å²) in [7, 11) is 3.44. The van der Waals surface area contributed by atoms with Gasteiger partial charge >= 0.3 is 0 Å². The Morgan fingerprint density at radius 1 is 1.53 bits per heavy atom. The van der Waals surface area contributed by atoms with Crippen LogP contribution >= 0.6 is 11.6 Å². The standard InChI is InChI=1S/C13H18ClNO2/c1-8-5-13(17-4)10(7-11(8)14)12(15-3)6-9(2)16/h5,7,12,15H,6H2,1-4H3. The van der Waals surface area contributed by atoms with Crippen molar-refractivity contribution < 1.29 is 9.53 Å². The number of hydrogen-bond donors (Lipinski definition) is 1. The van der Waals surface area contributed by atoms with Crippen molar-refractivity contribution >= 4 is 17.4 Å². The first kappa shape index (κ1) is 14.0. The van der Waals surface area contributed by atoms with Crippen molar-refractivity contribution in [2.75, 3.05) is 14.2 Å². The van der Waals surface area contributed by atoms with Crippen LogP contribution in [0.2, 0.25) is 5.02 Å². The lowest BCUT2D eigenvalue weighted by atomic mass is 9.99. The highest BCUT2D eigenvalue weighted by molar-refractivity contribution is 6.31. The number of ketones is 1. The summed E-state index contributed by atoms with van der Waals surface area (Å²) in [4.78, 5) is 11.2. The second-order valence-electron chi connectivity index (χ2n) is 4.09. The van der Waals surface area contributed by atoms with Gasteiger partial charge in [0.1, 0.15) is 11.5 Å². The molecule has 0 spiro atoms. The average Bonchev–Trinajstić information content (AvgIpc) is 2.28. The van der Waals surface area contributed by atoms with E-state index in [0.717, 1.165) is 16.9 Å². The van der Waals surface area contributed by atoms with Crippen LogP contribution < -0.4 is 10.1 Å². The average molecular weight is 256 g/mol. The van der Waals surface area contributed by atoms with Gasteiger partial charge in [-0.3, -0.25) is 4.79 Å². The summed E-state index contributed by atoms with van der Waals surface area (Å²) in [5.74, 6) is 0.885. The van der Waals surface area contributed by atoms with Gasteiger partial charge in [0.25, 0.3) is 0 Å². The fourth-order valence-corrected chi connectivity index (χ4v) is 1.95. The third kappa shape index (κ3) is 3.45. The molecule has 4 heteroatoms. The first-order valence-electron chi connectivity index (χ1n) is 5.50. The number of benzene rings is 1. The van der Waals surface area contributed by atoms with E-state index >= 15 is 0 Å². The van der Waals surface area contributed by atoms with Gasteiger partial charge in [0.15, 0.2) is 0 Å². The van der Waals surface area contributed by atoms with Crippen LogP contribution in [0.5, 0.6) is 5.75 Å². The number of carbonyl (C=O) groups is 1. The molecular weight excluding hydrogens is 238 g/mol. The Morgan fingerprint density at radius 3 is 2.65 bits per heavy atom. The molecule has 0 fully saturated rings. The highest BCUT2D eigenvalue weighted by atomic mass is 35.5. The van der Waals surface area contributed by atoms with Crippen LogP contribution in [-0.2, 0) is 4.79 Å². The molecule has 3 nitrogen and oxygen atoms in total. The molecule has 0 saturated carbocycles. The zero-order chi connectivity index (χ0) is 13.0. The van der Waals surface area contributed by atoms with Crippen LogP contribution in [0.25, 0.3) is 0 Å². The summed E-state index contributed by atoms with van der Waals surface area (Å²) < 4.78 is 5.34. The number of hydrogen-bond acceptors (Lipinski definition) is 3. The molecule has 0 amide bonds. The van der Waals surface area contributed by atoms with Crippen LogP contribution in [0.4, 0.5) is 0 Å². The molecule has 1 atom stereocenters. The molecule has 1 unspecified atom stereocenters. The Kier molecular flexibility index (Phi) is 4.97. The summed E-state index contributed by atoms with van der Waals surface area (Å²) in [5, 5.41) is 3.80. The van der Waals surface area contributed by atoms with Crippen molar-refractivity contribution in [1.29, 1.82) is 0 Å². The Labute approximate surface area is 107 Å². The van der Waals surface area contributed by atoms with Crippen molar-refractivity contribution in [2.45, 2.75) is 26.3 Å². The minimum absolute atomic E-state index is 0.0689. The molecule has 0 heterocycles. The van der Waals surface area contributed by atoms with Gasteiger partial charge in [0.05, 0.1) is 7.11 Å². The zero-order valence-electron chi connectivity index (χ0n) is 10.6. The van der Waals surface area contributed by atoms with E-state index in [2.05, 4.69) is 5.32 Å². The minimum atomic E-state index is -0.0689. The van der Waals surface area contributed by atoms with Crippen LogP contribution in [0.3, 0.4) is 0 Å². The van der Waals surface area contributed by atoms with Gasteiger partial charge in [0.2, 0.25) is 0 Å². The van der Waals surface area contributed by atoms with E-state index in [9.17, 15) is 4.79 Å². The van der Waals surface area contributed by atoms with E-state index in [1.807, 2.05) is 26.1 Å². The fraction of sp³-hybridized carbons (Fsp3) is 0.462. The maximum Gasteiger partial charge on any atom is 0.131 e. The highest BCUT2D eigenvalue weighted by Crippen LogP contribution is 2.32. The summed E-state index contributed by atoms with van der Waals surface area (Å²) in [5.41, 5.74) is 1.88. The minimum Gasteiger partial charge on any atom is -0.496 e. The topological polar surface area (TPSA) is 38.3 Å². The third-order valence-corrected chi connectivity index (χ3v) is 3.13. The number of ether oxygens (including phenoxy) is 1. The molecule has 1 N–H and O–H groups in total. The van der Waals surface area contributed by atoms with E-state index in [4.69, 9.17) is 16.3 Å². The van der Waals surface area contributed by atoms with E-state index < -0.39 is 0 Å². The second kappa shape index (κ2) is 6.03. The smallest absolute Gasteiger partial charge is 0.131 e. The predicted molar refractivity (Wildman–Crippen MR) is 69.8 cm³/mol. The normalized spacial score (nSPS) is 12.3. The van der Waals surface area contributed by atoms with Gasteiger partial charge in [-0.15, -0.1) is 0 Å². The van der Waals surface area contributed by atoms with E-state index in [0.29, 0.717) is 11.4 Å². The van der Waals surface area contributed by atoms with Crippen LogP contribution in [-0.4, -0.2) is 19.9 Å². The lowest BCUT2D eigenvalue weighted by Gasteiger charge is -2.19.